The standard InChI is InChI=1S/C20H15N3O4/c1-12-6-8-23(15-3-2-7-21-10-15)19(25)17(12)18(24)22-14-4-5-16-13(9-14)11-27-20(16)26/h2-10H,11H2,1H3,(H,22,24). The van der Waals surface area contributed by atoms with Crippen LogP contribution in [-0.4, -0.2) is 21.4 Å². The molecule has 0 atom stereocenters. The first-order chi connectivity index (χ1) is 13.0. The van der Waals surface area contributed by atoms with Crippen LogP contribution in [0.3, 0.4) is 0 Å². The van der Waals surface area contributed by atoms with Gasteiger partial charge in [0.25, 0.3) is 11.5 Å². The maximum atomic E-state index is 12.9. The van der Waals surface area contributed by atoms with Gasteiger partial charge in [-0.1, -0.05) is 0 Å². The molecule has 0 saturated carbocycles. The van der Waals surface area contributed by atoms with Crippen LogP contribution in [0.1, 0.15) is 31.8 Å². The van der Waals surface area contributed by atoms with Gasteiger partial charge < -0.3 is 10.1 Å². The molecule has 4 rings (SSSR count). The predicted molar refractivity (Wildman–Crippen MR) is 98.1 cm³/mol. The number of benzene rings is 1. The second kappa shape index (κ2) is 6.53. The van der Waals surface area contributed by atoms with Crippen LogP contribution in [0.25, 0.3) is 5.69 Å². The number of cyclic esters (lactones) is 1. The average Bonchev–Trinajstić information content (AvgIpc) is 3.03. The lowest BCUT2D eigenvalue weighted by Crippen LogP contribution is -2.29. The summed E-state index contributed by atoms with van der Waals surface area (Å²) in [6, 6.07) is 10.1. The molecule has 1 N–H and O–H groups in total. The van der Waals surface area contributed by atoms with Crippen LogP contribution in [-0.2, 0) is 11.3 Å². The van der Waals surface area contributed by atoms with Crippen molar-refractivity contribution in [1.29, 1.82) is 0 Å². The summed E-state index contributed by atoms with van der Waals surface area (Å²) in [6.45, 7) is 1.88. The van der Waals surface area contributed by atoms with Gasteiger partial charge in [0.15, 0.2) is 0 Å². The Morgan fingerprint density at radius 3 is 2.85 bits per heavy atom. The number of aromatic nitrogens is 2. The molecule has 1 aliphatic rings. The molecule has 1 aliphatic heterocycles. The van der Waals surface area contributed by atoms with Crippen molar-refractivity contribution in [2.24, 2.45) is 0 Å². The van der Waals surface area contributed by atoms with Gasteiger partial charge in [-0.05, 0) is 48.9 Å². The second-order valence-corrected chi connectivity index (χ2v) is 6.16. The third-order valence-electron chi connectivity index (χ3n) is 4.39. The molecule has 0 aliphatic carbocycles. The van der Waals surface area contributed by atoms with Crippen LogP contribution < -0.4 is 10.9 Å². The number of anilines is 1. The van der Waals surface area contributed by atoms with Crippen molar-refractivity contribution in [3.05, 3.63) is 87.6 Å². The SMILES string of the molecule is Cc1ccn(-c2cccnc2)c(=O)c1C(=O)Nc1ccc2c(c1)COC2=O. The highest BCUT2D eigenvalue weighted by Crippen LogP contribution is 2.23. The van der Waals surface area contributed by atoms with E-state index in [1.807, 2.05) is 0 Å². The number of pyridine rings is 2. The number of rotatable bonds is 3. The molecule has 7 heteroatoms. The number of nitrogens with one attached hydrogen (secondary N) is 1. The molecule has 3 heterocycles. The van der Waals surface area contributed by atoms with Gasteiger partial charge in [0.05, 0.1) is 17.4 Å². The molecule has 0 spiro atoms. The Kier molecular flexibility index (Phi) is 4.04. The molecule has 0 radical (unpaired) electrons. The largest absolute Gasteiger partial charge is 0.457 e. The van der Waals surface area contributed by atoms with Crippen LogP contribution in [0.5, 0.6) is 0 Å². The first kappa shape index (κ1) is 16.7. The van der Waals surface area contributed by atoms with Crippen molar-refractivity contribution in [3.63, 3.8) is 0 Å². The minimum atomic E-state index is -0.513. The topological polar surface area (TPSA) is 90.3 Å². The normalized spacial score (nSPS) is 12.4. The van der Waals surface area contributed by atoms with E-state index in [0.717, 1.165) is 0 Å². The molecule has 0 fully saturated rings. The average molecular weight is 361 g/mol. The van der Waals surface area contributed by atoms with E-state index < -0.39 is 11.5 Å². The summed E-state index contributed by atoms with van der Waals surface area (Å²) in [6.07, 6.45) is 4.78. The molecule has 0 unspecified atom stereocenters. The number of nitrogens with zero attached hydrogens (tertiary/aromatic N) is 2. The maximum Gasteiger partial charge on any atom is 0.338 e. The number of ether oxygens (including phenoxy) is 1. The number of esters is 1. The Morgan fingerprint density at radius 2 is 2.07 bits per heavy atom. The summed E-state index contributed by atoms with van der Waals surface area (Å²) in [4.78, 5) is 41.2. The highest BCUT2D eigenvalue weighted by atomic mass is 16.5. The van der Waals surface area contributed by atoms with E-state index in [2.05, 4.69) is 10.3 Å². The summed E-state index contributed by atoms with van der Waals surface area (Å²) < 4.78 is 6.34. The smallest absolute Gasteiger partial charge is 0.338 e. The third-order valence-corrected chi connectivity index (χ3v) is 4.39. The van der Waals surface area contributed by atoms with Gasteiger partial charge in [0.1, 0.15) is 12.2 Å². The summed E-state index contributed by atoms with van der Waals surface area (Å²) in [5, 5.41) is 2.73. The summed E-state index contributed by atoms with van der Waals surface area (Å²) in [5.74, 6) is -0.887. The van der Waals surface area contributed by atoms with Gasteiger partial charge in [-0.3, -0.25) is 19.1 Å². The Hall–Kier alpha value is -3.74. The van der Waals surface area contributed by atoms with Gasteiger partial charge in [0.2, 0.25) is 0 Å². The van der Waals surface area contributed by atoms with E-state index in [-0.39, 0.29) is 18.1 Å². The number of fused-ring (bicyclic) bond motifs is 1. The van der Waals surface area contributed by atoms with Crippen LogP contribution in [0.4, 0.5) is 5.69 Å². The van der Waals surface area contributed by atoms with Crippen LogP contribution in [0.2, 0.25) is 0 Å². The Morgan fingerprint density at radius 1 is 1.22 bits per heavy atom. The second-order valence-electron chi connectivity index (χ2n) is 6.16. The summed E-state index contributed by atoms with van der Waals surface area (Å²) in [5.41, 5.74) is 2.45. The summed E-state index contributed by atoms with van der Waals surface area (Å²) in [7, 11) is 0. The van der Waals surface area contributed by atoms with E-state index in [9.17, 15) is 14.4 Å². The quantitative estimate of drug-likeness (QED) is 0.724. The molecule has 3 aromatic rings. The van der Waals surface area contributed by atoms with E-state index in [1.165, 1.54) is 4.57 Å². The monoisotopic (exact) mass is 361 g/mol. The summed E-state index contributed by atoms with van der Waals surface area (Å²) >= 11 is 0. The van der Waals surface area contributed by atoms with E-state index in [1.54, 1.807) is 61.9 Å². The van der Waals surface area contributed by atoms with Crippen LogP contribution in [0, 0.1) is 6.92 Å². The minimum Gasteiger partial charge on any atom is -0.457 e. The molecular weight excluding hydrogens is 346 g/mol. The van der Waals surface area contributed by atoms with E-state index in [4.69, 9.17) is 4.74 Å². The van der Waals surface area contributed by atoms with Crippen molar-refractivity contribution < 1.29 is 14.3 Å². The zero-order chi connectivity index (χ0) is 19.0. The van der Waals surface area contributed by atoms with E-state index in [0.29, 0.717) is 28.1 Å². The van der Waals surface area contributed by atoms with Crippen molar-refractivity contribution >= 4 is 17.6 Å². The molecule has 1 aromatic carbocycles. The lowest BCUT2D eigenvalue weighted by molar-refractivity contribution is 0.0535. The third kappa shape index (κ3) is 2.99. The zero-order valence-corrected chi connectivity index (χ0v) is 14.4. The maximum absolute atomic E-state index is 12.9. The fourth-order valence-corrected chi connectivity index (χ4v) is 3.01. The zero-order valence-electron chi connectivity index (χ0n) is 14.4. The predicted octanol–water partition coefficient (Wildman–Crippen LogP) is 2.46. The molecule has 1 amide bonds. The minimum absolute atomic E-state index is 0.0502. The fourth-order valence-electron chi connectivity index (χ4n) is 3.01. The Labute approximate surface area is 154 Å². The van der Waals surface area contributed by atoms with Crippen LogP contribution in [0.15, 0.2) is 59.8 Å². The number of amides is 1. The molecule has 2 aromatic heterocycles. The molecular formula is C20H15N3O4. The number of hydrogen-bond acceptors (Lipinski definition) is 5. The number of hydrogen-bond donors (Lipinski definition) is 1. The van der Waals surface area contributed by atoms with Gasteiger partial charge in [-0.15, -0.1) is 0 Å². The van der Waals surface area contributed by atoms with Crippen molar-refractivity contribution in [2.45, 2.75) is 13.5 Å². The van der Waals surface area contributed by atoms with Crippen molar-refractivity contribution in [1.82, 2.24) is 9.55 Å². The molecule has 7 nitrogen and oxygen atoms in total. The van der Waals surface area contributed by atoms with Gasteiger partial charge >= 0.3 is 5.97 Å². The Bertz CT molecular complexity index is 1120. The van der Waals surface area contributed by atoms with Gasteiger partial charge in [0, 0.05) is 23.6 Å². The molecule has 0 saturated heterocycles. The molecule has 27 heavy (non-hydrogen) atoms. The van der Waals surface area contributed by atoms with Crippen molar-refractivity contribution in [3.8, 4) is 5.69 Å². The van der Waals surface area contributed by atoms with Gasteiger partial charge in [-0.2, -0.15) is 0 Å². The highest BCUT2D eigenvalue weighted by molar-refractivity contribution is 6.05. The van der Waals surface area contributed by atoms with Gasteiger partial charge in [-0.25, -0.2) is 4.79 Å². The number of aryl methyl sites for hydroxylation is 1. The van der Waals surface area contributed by atoms with E-state index >= 15 is 0 Å². The number of carbonyl (C=O) groups excluding carboxylic acids is 2. The first-order valence-electron chi connectivity index (χ1n) is 8.28. The van der Waals surface area contributed by atoms with Crippen LogP contribution >= 0.6 is 0 Å². The molecule has 0 bridgehead atoms. The highest BCUT2D eigenvalue weighted by Gasteiger charge is 2.22. The lowest BCUT2D eigenvalue weighted by atomic mass is 10.1. The first-order valence-corrected chi connectivity index (χ1v) is 8.28. The molecule has 134 valence electrons. The van der Waals surface area contributed by atoms with Crippen molar-refractivity contribution in [2.75, 3.05) is 5.32 Å². The Balaban J connectivity index is 1.68. The number of carbonyl (C=O) groups is 2. The lowest BCUT2D eigenvalue weighted by Gasteiger charge is -2.11. The fraction of sp³-hybridized carbons (Fsp3) is 0.100.